The largest absolute Gasteiger partial charge is 0.465 e. The molecule has 0 aliphatic rings. The standard InChI is InChI=1S/C6H13N3O2/c1-3-10-5(7)9-6(8)11-4-2/h3-4H2,1-2H3,(H3,7,8,9). The van der Waals surface area contributed by atoms with Crippen molar-refractivity contribution in [3.63, 3.8) is 0 Å². The highest BCUT2D eigenvalue weighted by Crippen LogP contribution is 1.76. The van der Waals surface area contributed by atoms with Crippen molar-refractivity contribution in [2.45, 2.75) is 13.8 Å². The van der Waals surface area contributed by atoms with Crippen molar-refractivity contribution in [3.05, 3.63) is 0 Å². The van der Waals surface area contributed by atoms with E-state index in [0.717, 1.165) is 0 Å². The van der Waals surface area contributed by atoms with E-state index in [4.69, 9.17) is 20.3 Å². The van der Waals surface area contributed by atoms with Crippen molar-refractivity contribution < 1.29 is 9.47 Å². The average molecular weight is 159 g/mol. The number of rotatable bonds is 2. The number of ether oxygens (including phenoxy) is 2. The Labute approximate surface area is 65.7 Å². The molecule has 0 bridgehead atoms. The van der Waals surface area contributed by atoms with Crippen molar-refractivity contribution in [3.8, 4) is 0 Å². The van der Waals surface area contributed by atoms with E-state index in [9.17, 15) is 0 Å². The van der Waals surface area contributed by atoms with Crippen LogP contribution in [0.15, 0.2) is 0 Å². The first-order valence-corrected chi connectivity index (χ1v) is 3.40. The molecule has 0 aromatic carbocycles. The Kier molecular flexibility index (Phi) is 4.89. The van der Waals surface area contributed by atoms with Gasteiger partial charge in [0, 0.05) is 0 Å². The van der Waals surface area contributed by atoms with Crippen LogP contribution >= 0.6 is 0 Å². The maximum absolute atomic E-state index is 7.04. The molecule has 0 spiro atoms. The lowest BCUT2D eigenvalue weighted by Gasteiger charge is -2.07. The third-order valence-corrected chi connectivity index (χ3v) is 0.804. The third-order valence-electron chi connectivity index (χ3n) is 0.804. The molecule has 0 aromatic rings. The van der Waals surface area contributed by atoms with Gasteiger partial charge in [0.15, 0.2) is 0 Å². The van der Waals surface area contributed by atoms with Crippen LogP contribution in [0.25, 0.3) is 0 Å². The Hall–Kier alpha value is -1.26. The summed E-state index contributed by atoms with van der Waals surface area (Å²) in [6.45, 7) is 4.34. The number of amidine groups is 2. The van der Waals surface area contributed by atoms with Gasteiger partial charge in [0.2, 0.25) is 0 Å². The normalized spacial score (nSPS) is 8.55. The molecule has 5 nitrogen and oxygen atoms in total. The van der Waals surface area contributed by atoms with E-state index >= 15 is 0 Å². The molecular weight excluding hydrogens is 146 g/mol. The average Bonchev–Trinajstić information content (AvgIpc) is 1.87. The first-order valence-electron chi connectivity index (χ1n) is 3.40. The minimum atomic E-state index is -0.161. The lowest BCUT2D eigenvalue weighted by Crippen LogP contribution is -2.32. The van der Waals surface area contributed by atoms with E-state index in [0.29, 0.717) is 13.2 Å². The fourth-order valence-electron chi connectivity index (χ4n) is 0.464. The summed E-state index contributed by atoms with van der Waals surface area (Å²) in [6, 6.07) is -0.322. The van der Waals surface area contributed by atoms with Gasteiger partial charge in [-0.1, -0.05) is 0 Å². The van der Waals surface area contributed by atoms with E-state index in [2.05, 4.69) is 5.32 Å². The van der Waals surface area contributed by atoms with Gasteiger partial charge in [0.1, 0.15) is 0 Å². The number of nitrogens with one attached hydrogen (secondary N) is 3. The number of hydrogen-bond acceptors (Lipinski definition) is 4. The fraction of sp³-hybridized carbons (Fsp3) is 0.667. The van der Waals surface area contributed by atoms with E-state index in [1.54, 1.807) is 13.8 Å². The van der Waals surface area contributed by atoms with Crippen molar-refractivity contribution in [1.82, 2.24) is 5.32 Å². The van der Waals surface area contributed by atoms with Gasteiger partial charge in [-0.3, -0.25) is 16.1 Å². The van der Waals surface area contributed by atoms with E-state index < -0.39 is 0 Å². The summed E-state index contributed by atoms with van der Waals surface area (Å²) in [5, 5.41) is 16.4. The summed E-state index contributed by atoms with van der Waals surface area (Å²) < 4.78 is 9.42. The number of hydrogen-bond donors (Lipinski definition) is 3. The van der Waals surface area contributed by atoms with Crippen LogP contribution in [0.5, 0.6) is 0 Å². The molecule has 11 heavy (non-hydrogen) atoms. The van der Waals surface area contributed by atoms with Crippen LogP contribution in [0.4, 0.5) is 0 Å². The highest BCUT2D eigenvalue weighted by Gasteiger charge is 1.99. The smallest absolute Gasteiger partial charge is 0.289 e. The van der Waals surface area contributed by atoms with E-state index in [1.165, 1.54) is 0 Å². The zero-order chi connectivity index (χ0) is 8.69. The molecule has 0 rings (SSSR count). The monoisotopic (exact) mass is 159 g/mol. The molecule has 64 valence electrons. The highest BCUT2D eigenvalue weighted by molar-refractivity contribution is 5.89. The second-order valence-corrected chi connectivity index (χ2v) is 1.65. The molecule has 5 heteroatoms. The predicted molar refractivity (Wildman–Crippen MR) is 41.8 cm³/mol. The van der Waals surface area contributed by atoms with Gasteiger partial charge in [-0.2, -0.15) is 0 Å². The molecule has 0 heterocycles. The maximum atomic E-state index is 7.04. The Morgan fingerprint density at radius 3 is 1.73 bits per heavy atom. The molecule has 0 aliphatic carbocycles. The minimum absolute atomic E-state index is 0.161. The molecule has 0 aliphatic heterocycles. The van der Waals surface area contributed by atoms with Crippen molar-refractivity contribution in [1.29, 1.82) is 10.8 Å². The molecule has 0 aromatic heterocycles. The predicted octanol–water partition coefficient (Wildman–Crippen LogP) is 0.519. The molecule has 0 saturated heterocycles. The van der Waals surface area contributed by atoms with Crippen molar-refractivity contribution >= 4 is 12.0 Å². The molecule has 0 atom stereocenters. The maximum Gasteiger partial charge on any atom is 0.289 e. The Balaban J connectivity index is 3.49. The fourth-order valence-corrected chi connectivity index (χ4v) is 0.464. The SMILES string of the molecule is CCOC(=N)NC(=N)OCC. The summed E-state index contributed by atoms with van der Waals surface area (Å²) in [7, 11) is 0. The lowest BCUT2D eigenvalue weighted by atomic mass is 10.8. The van der Waals surface area contributed by atoms with Gasteiger partial charge in [0.25, 0.3) is 12.0 Å². The van der Waals surface area contributed by atoms with Gasteiger partial charge in [0.05, 0.1) is 13.2 Å². The quantitative estimate of drug-likeness (QED) is 0.406. The third kappa shape index (κ3) is 5.20. The first-order chi connectivity index (χ1) is 5.20. The molecule has 0 unspecified atom stereocenters. The Morgan fingerprint density at radius 2 is 1.45 bits per heavy atom. The second kappa shape index (κ2) is 5.52. The highest BCUT2D eigenvalue weighted by atomic mass is 16.5. The van der Waals surface area contributed by atoms with Crippen LogP contribution in [-0.4, -0.2) is 25.3 Å². The van der Waals surface area contributed by atoms with Gasteiger partial charge in [-0.25, -0.2) is 0 Å². The topological polar surface area (TPSA) is 78.2 Å². The van der Waals surface area contributed by atoms with Gasteiger partial charge < -0.3 is 9.47 Å². The zero-order valence-electron chi connectivity index (χ0n) is 6.73. The summed E-state index contributed by atoms with van der Waals surface area (Å²) in [4.78, 5) is 0. The molecule has 0 amide bonds. The second-order valence-electron chi connectivity index (χ2n) is 1.65. The van der Waals surface area contributed by atoms with E-state index in [1.807, 2.05) is 0 Å². The lowest BCUT2D eigenvalue weighted by molar-refractivity contribution is 0.288. The van der Waals surface area contributed by atoms with Crippen LogP contribution < -0.4 is 5.32 Å². The summed E-state index contributed by atoms with van der Waals surface area (Å²) in [5.74, 6) is 0. The first kappa shape index (κ1) is 9.74. The Bertz CT molecular complexity index is 131. The van der Waals surface area contributed by atoms with Crippen LogP contribution in [0.2, 0.25) is 0 Å². The van der Waals surface area contributed by atoms with Crippen LogP contribution in [0.1, 0.15) is 13.8 Å². The van der Waals surface area contributed by atoms with E-state index in [-0.39, 0.29) is 12.0 Å². The van der Waals surface area contributed by atoms with Crippen LogP contribution in [-0.2, 0) is 9.47 Å². The zero-order valence-corrected chi connectivity index (χ0v) is 6.73. The molecule has 0 saturated carbocycles. The molecule has 0 fully saturated rings. The minimum Gasteiger partial charge on any atom is -0.465 e. The van der Waals surface area contributed by atoms with Crippen LogP contribution in [0, 0.1) is 10.8 Å². The molecule has 0 radical (unpaired) electrons. The van der Waals surface area contributed by atoms with Gasteiger partial charge >= 0.3 is 0 Å². The van der Waals surface area contributed by atoms with Crippen molar-refractivity contribution in [2.24, 2.45) is 0 Å². The van der Waals surface area contributed by atoms with Gasteiger partial charge in [-0.15, -0.1) is 0 Å². The summed E-state index contributed by atoms with van der Waals surface area (Å²) >= 11 is 0. The molecule has 3 N–H and O–H groups in total. The Morgan fingerprint density at radius 1 is 1.09 bits per heavy atom. The van der Waals surface area contributed by atoms with Gasteiger partial charge in [-0.05, 0) is 13.8 Å². The van der Waals surface area contributed by atoms with Crippen LogP contribution in [0.3, 0.4) is 0 Å². The summed E-state index contributed by atoms with van der Waals surface area (Å²) in [5.41, 5.74) is 0. The molecular formula is C6H13N3O2. The summed E-state index contributed by atoms with van der Waals surface area (Å²) in [6.07, 6.45) is 0. The van der Waals surface area contributed by atoms with Crippen molar-refractivity contribution in [2.75, 3.05) is 13.2 Å².